The average molecular weight is 194 g/mol. The molecular weight excluding hydrogens is 186 g/mol. The Bertz CT molecular complexity index is 474. The van der Waals surface area contributed by atoms with E-state index in [1.807, 2.05) is 6.08 Å². The molecule has 0 radical (unpaired) electrons. The SMILES string of the molecule is NS(=O)(=O)c1ccc2c(c1)C[C+]=C2. The molecule has 4 heteroatoms. The first-order valence-corrected chi connectivity index (χ1v) is 5.34. The van der Waals surface area contributed by atoms with Gasteiger partial charge in [-0.1, -0.05) is 0 Å². The second-order valence-corrected chi connectivity index (χ2v) is 4.49. The third kappa shape index (κ3) is 1.47. The molecule has 0 bridgehead atoms. The molecule has 0 fully saturated rings. The summed E-state index contributed by atoms with van der Waals surface area (Å²) in [5.74, 6) is 0. The van der Waals surface area contributed by atoms with Crippen molar-refractivity contribution in [1.82, 2.24) is 0 Å². The lowest BCUT2D eigenvalue weighted by Gasteiger charge is -1.96. The minimum atomic E-state index is -3.57. The maximum Gasteiger partial charge on any atom is 0.238 e. The fourth-order valence-electron chi connectivity index (χ4n) is 1.32. The summed E-state index contributed by atoms with van der Waals surface area (Å²) in [7, 11) is -3.57. The Kier molecular flexibility index (Phi) is 1.70. The molecule has 0 heterocycles. The van der Waals surface area contributed by atoms with Crippen LogP contribution in [-0.4, -0.2) is 8.42 Å². The van der Waals surface area contributed by atoms with Crippen LogP contribution in [0.4, 0.5) is 0 Å². The predicted molar refractivity (Wildman–Crippen MR) is 49.2 cm³/mol. The standard InChI is InChI=1S/C9H8NO2S/c10-13(11,12)9-5-4-7-2-1-3-8(7)6-9/h2,4-6H,3H2,(H2,10,11,12)/q+1. The van der Waals surface area contributed by atoms with Crippen molar-refractivity contribution in [2.75, 3.05) is 0 Å². The summed E-state index contributed by atoms with van der Waals surface area (Å²) in [5, 5.41) is 4.99. The summed E-state index contributed by atoms with van der Waals surface area (Å²) in [6, 6.07) is 4.86. The van der Waals surface area contributed by atoms with Crippen molar-refractivity contribution >= 4 is 16.1 Å². The highest BCUT2D eigenvalue weighted by Gasteiger charge is 2.19. The van der Waals surface area contributed by atoms with Gasteiger partial charge in [-0.2, -0.15) is 0 Å². The molecule has 2 rings (SSSR count). The number of primary sulfonamides is 1. The zero-order chi connectivity index (χ0) is 9.47. The monoisotopic (exact) mass is 194 g/mol. The number of rotatable bonds is 1. The molecule has 13 heavy (non-hydrogen) atoms. The van der Waals surface area contributed by atoms with Gasteiger partial charge in [0.05, 0.1) is 16.5 Å². The van der Waals surface area contributed by atoms with Crippen LogP contribution in [0.25, 0.3) is 6.08 Å². The van der Waals surface area contributed by atoms with Crippen LogP contribution in [0.2, 0.25) is 0 Å². The Balaban J connectivity index is 2.57. The van der Waals surface area contributed by atoms with Gasteiger partial charge in [-0.05, 0) is 12.1 Å². The Morgan fingerprint density at radius 2 is 2.15 bits per heavy atom. The van der Waals surface area contributed by atoms with Crippen molar-refractivity contribution < 1.29 is 8.42 Å². The van der Waals surface area contributed by atoms with E-state index < -0.39 is 10.0 Å². The zero-order valence-corrected chi connectivity index (χ0v) is 7.64. The molecule has 0 unspecified atom stereocenters. The highest BCUT2D eigenvalue weighted by atomic mass is 32.2. The molecule has 1 aliphatic carbocycles. The Labute approximate surface area is 76.9 Å². The molecule has 0 saturated carbocycles. The van der Waals surface area contributed by atoms with Gasteiger partial charge >= 0.3 is 0 Å². The van der Waals surface area contributed by atoms with Crippen LogP contribution in [0.1, 0.15) is 11.1 Å². The predicted octanol–water partition coefficient (Wildman–Crippen LogP) is 0.706. The van der Waals surface area contributed by atoms with Crippen molar-refractivity contribution in [1.29, 1.82) is 0 Å². The van der Waals surface area contributed by atoms with E-state index in [1.165, 1.54) is 6.07 Å². The Hall–Kier alpha value is -1.22. The van der Waals surface area contributed by atoms with Gasteiger partial charge in [-0.25, -0.2) is 13.6 Å². The van der Waals surface area contributed by atoms with Crippen LogP contribution in [-0.2, 0) is 16.4 Å². The second kappa shape index (κ2) is 2.64. The first kappa shape index (κ1) is 8.38. The molecule has 0 amide bonds. The minimum Gasteiger partial charge on any atom is -0.225 e. The van der Waals surface area contributed by atoms with Crippen LogP contribution in [0.3, 0.4) is 0 Å². The first-order chi connectivity index (χ1) is 6.07. The van der Waals surface area contributed by atoms with E-state index in [1.54, 1.807) is 12.1 Å². The van der Waals surface area contributed by atoms with Crippen LogP contribution < -0.4 is 5.14 Å². The molecule has 1 aromatic rings. The number of sulfonamides is 1. The van der Waals surface area contributed by atoms with Gasteiger partial charge in [0.2, 0.25) is 10.0 Å². The third-order valence-corrected chi connectivity index (χ3v) is 2.90. The van der Waals surface area contributed by atoms with Gasteiger partial charge in [0, 0.05) is 6.07 Å². The molecule has 3 nitrogen and oxygen atoms in total. The van der Waals surface area contributed by atoms with E-state index >= 15 is 0 Å². The van der Waals surface area contributed by atoms with Gasteiger partial charge in [-0.15, -0.1) is 0 Å². The smallest absolute Gasteiger partial charge is 0.225 e. The number of nitrogens with two attached hydrogens (primary N) is 1. The van der Waals surface area contributed by atoms with E-state index in [9.17, 15) is 8.42 Å². The molecule has 0 aromatic heterocycles. The van der Waals surface area contributed by atoms with E-state index in [0.717, 1.165) is 11.1 Å². The molecule has 1 aromatic carbocycles. The van der Waals surface area contributed by atoms with Crippen molar-refractivity contribution in [3.63, 3.8) is 0 Å². The summed E-state index contributed by atoms with van der Waals surface area (Å²) >= 11 is 0. The topological polar surface area (TPSA) is 60.2 Å². The minimum absolute atomic E-state index is 0.170. The average Bonchev–Trinajstić information content (AvgIpc) is 2.47. The molecule has 0 atom stereocenters. The van der Waals surface area contributed by atoms with Crippen LogP contribution in [0, 0.1) is 6.08 Å². The summed E-state index contributed by atoms with van der Waals surface area (Å²) in [4.78, 5) is 0.170. The third-order valence-electron chi connectivity index (χ3n) is 1.99. The van der Waals surface area contributed by atoms with E-state index in [4.69, 9.17) is 5.14 Å². The summed E-state index contributed by atoms with van der Waals surface area (Å²) in [6.45, 7) is 0. The lowest BCUT2D eigenvalue weighted by molar-refractivity contribution is 0.597. The molecule has 2 N–H and O–H groups in total. The van der Waals surface area contributed by atoms with Gasteiger partial charge in [0.25, 0.3) is 0 Å². The quantitative estimate of drug-likeness (QED) is 0.669. The number of hydrogen-bond donors (Lipinski definition) is 1. The van der Waals surface area contributed by atoms with Gasteiger partial charge in [-0.3, -0.25) is 0 Å². The normalized spacial score (nSPS) is 13.9. The van der Waals surface area contributed by atoms with Gasteiger partial charge in [0.1, 0.15) is 12.0 Å². The van der Waals surface area contributed by atoms with Gasteiger partial charge in [0.15, 0.2) is 6.08 Å². The lowest BCUT2D eigenvalue weighted by Crippen LogP contribution is -2.12. The van der Waals surface area contributed by atoms with Crippen molar-refractivity contribution in [3.8, 4) is 0 Å². The number of fused-ring (bicyclic) bond motifs is 1. The molecule has 0 aliphatic heterocycles. The van der Waals surface area contributed by atoms with Crippen molar-refractivity contribution in [2.24, 2.45) is 5.14 Å². The Morgan fingerprint density at radius 3 is 2.85 bits per heavy atom. The number of hydrogen-bond acceptors (Lipinski definition) is 2. The maximum atomic E-state index is 11.0. The summed E-state index contributed by atoms with van der Waals surface area (Å²) < 4.78 is 22.0. The molecule has 66 valence electrons. The van der Waals surface area contributed by atoms with E-state index in [2.05, 4.69) is 6.08 Å². The highest BCUT2D eigenvalue weighted by Crippen LogP contribution is 2.21. The summed E-state index contributed by atoms with van der Waals surface area (Å²) in [6.07, 6.45) is 5.52. The van der Waals surface area contributed by atoms with Crippen LogP contribution in [0.5, 0.6) is 0 Å². The second-order valence-electron chi connectivity index (χ2n) is 2.93. The van der Waals surface area contributed by atoms with E-state index in [-0.39, 0.29) is 4.90 Å². The number of benzene rings is 1. The first-order valence-electron chi connectivity index (χ1n) is 3.80. The summed E-state index contributed by atoms with van der Waals surface area (Å²) in [5.41, 5.74) is 1.99. The number of allylic oxidation sites excluding steroid dienone is 1. The van der Waals surface area contributed by atoms with Crippen molar-refractivity contribution in [2.45, 2.75) is 11.3 Å². The molecule has 0 spiro atoms. The largest absolute Gasteiger partial charge is 0.238 e. The van der Waals surface area contributed by atoms with Crippen LogP contribution >= 0.6 is 0 Å². The van der Waals surface area contributed by atoms with E-state index in [0.29, 0.717) is 6.42 Å². The zero-order valence-electron chi connectivity index (χ0n) is 6.82. The van der Waals surface area contributed by atoms with Crippen LogP contribution in [0.15, 0.2) is 23.1 Å². The highest BCUT2D eigenvalue weighted by molar-refractivity contribution is 7.89. The molecule has 0 saturated heterocycles. The van der Waals surface area contributed by atoms with Gasteiger partial charge < -0.3 is 0 Å². The lowest BCUT2D eigenvalue weighted by atomic mass is 10.1. The fourth-order valence-corrected chi connectivity index (χ4v) is 1.89. The fraction of sp³-hybridized carbons (Fsp3) is 0.111. The Morgan fingerprint density at radius 1 is 1.38 bits per heavy atom. The molecular formula is C9H8NO2S+. The molecule has 1 aliphatic rings. The maximum absolute atomic E-state index is 11.0. The van der Waals surface area contributed by atoms with Crippen molar-refractivity contribution in [3.05, 3.63) is 35.4 Å².